The monoisotopic (exact) mass is 210 g/mol. The molecule has 0 aromatic carbocycles. The third kappa shape index (κ3) is 3.91. The van der Waals surface area contributed by atoms with Gasteiger partial charge in [-0.15, -0.1) is 0 Å². The summed E-state index contributed by atoms with van der Waals surface area (Å²) in [7, 11) is 6.05. The molecule has 1 heterocycles. The number of hydrogen-bond acceptors (Lipinski definition) is 3. The Kier molecular flexibility index (Phi) is 4.62. The van der Waals surface area contributed by atoms with Crippen LogP contribution in [0.1, 0.15) is 13.3 Å². The normalized spacial score (nSPS) is 18.4. The zero-order valence-electron chi connectivity index (χ0n) is 10.3. The van der Waals surface area contributed by atoms with Crippen LogP contribution in [0.25, 0.3) is 0 Å². The molecule has 0 fully saturated rings. The summed E-state index contributed by atoms with van der Waals surface area (Å²) in [6, 6.07) is 0. The summed E-state index contributed by atoms with van der Waals surface area (Å²) in [6.45, 7) is 5.36. The van der Waals surface area contributed by atoms with Crippen LogP contribution in [0.15, 0.2) is 16.9 Å². The summed E-state index contributed by atoms with van der Waals surface area (Å²) in [4.78, 5) is 11.0. The van der Waals surface area contributed by atoms with Crippen LogP contribution in [0.2, 0.25) is 0 Å². The van der Waals surface area contributed by atoms with Crippen LogP contribution < -0.4 is 0 Å². The fraction of sp³-hybridized carbons (Fsp3) is 0.727. The van der Waals surface area contributed by atoms with Gasteiger partial charge in [0.05, 0.1) is 13.0 Å². The van der Waals surface area contributed by atoms with Gasteiger partial charge in [-0.1, -0.05) is 6.92 Å². The van der Waals surface area contributed by atoms with Crippen LogP contribution in [0, 0.1) is 0 Å². The van der Waals surface area contributed by atoms with E-state index in [1.54, 1.807) is 0 Å². The number of aliphatic imine (C=N–C) groups is 1. The lowest BCUT2D eigenvalue weighted by Crippen LogP contribution is -2.39. The molecular weight excluding hydrogens is 188 g/mol. The Morgan fingerprint density at radius 1 is 1.53 bits per heavy atom. The van der Waals surface area contributed by atoms with Gasteiger partial charge in [-0.25, -0.2) is 4.99 Å². The zero-order valence-corrected chi connectivity index (χ0v) is 10.3. The van der Waals surface area contributed by atoms with Gasteiger partial charge in [-0.05, 0) is 19.0 Å². The molecule has 0 unspecified atom stereocenters. The molecule has 0 atom stereocenters. The third-order valence-electron chi connectivity index (χ3n) is 2.30. The van der Waals surface area contributed by atoms with Gasteiger partial charge < -0.3 is 9.80 Å². The molecule has 15 heavy (non-hydrogen) atoms. The lowest BCUT2D eigenvalue weighted by atomic mass is 10.3. The van der Waals surface area contributed by atoms with E-state index in [0.717, 1.165) is 25.6 Å². The second kappa shape index (κ2) is 5.75. The van der Waals surface area contributed by atoms with Crippen molar-refractivity contribution >= 4 is 6.34 Å². The third-order valence-corrected chi connectivity index (χ3v) is 2.30. The Labute approximate surface area is 92.9 Å². The van der Waals surface area contributed by atoms with Crippen LogP contribution in [0.4, 0.5) is 0 Å². The van der Waals surface area contributed by atoms with Crippen molar-refractivity contribution in [3.05, 3.63) is 11.9 Å². The first-order valence-electron chi connectivity index (χ1n) is 5.47. The summed E-state index contributed by atoms with van der Waals surface area (Å²) in [5, 5.41) is 0. The Hall–Kier alpha value is -1.03. The van der Waals surface area contributed by atoms with Crippen molar-refractivity contribution in [2.45, 2.75) is 13.3 Å². The van der Waals surface area contributed by atoms with Gasteiger partial charge in [0.1, 0.15) is 5.82 Å². The lowest BCUT2D eigenvalue weighted by molar-refractivity contribution is 0.177. The van der Waals surface area contributed by atoms with Crippen molar-refractivity contribution in [1.82, 2.24) is 14.7 Å². The molecule has 0 saturated heterocycles. The standard InChI is InChI=1S/C11H22N4/c1-5-7-15-8-6-11(14(4)10-15)12-9-13(2)3/h6,9H,5,7-8,10H2,1-4H3. The lowest BCUT2D eigenvalue weighted by Gasteiger charge is -2.32. The molecule has 1 rings (SSSR count). The molecule has 1 aliphatic rings. The molecule has 0 saturated carbocycles. The van der Waals surface area contributed by atoms with Gasteiger partial charge >= 0.3 is 0 Å². The average Bonchev–Trinajstić information content (AvgIpc) is 2.17. The Balaban J connectivity index is 2.53. The first-order chi connectivity index (χ1) is 7.13. The fourth-order valence-corrected chi connectivity index (χ4v) is 1.60. The van der Waals surface area contributed by atoms with Crippen molar-refractivity contribution < 1.29 is 0 Å². The van der Waals surface area contributed by atoms with Crippen LogP contribution >= 0.6 is 0 Å². The molecule has 4 nitrogen and oxygen atoms in total. The maximum atomic E-state index is 4.42. The van der Waals surface area contributed by atoms with Gasteiger partial charge in [-0.2, -0.15) is 0 Å². The molecule has 0 N–H and O–H groups in total. The average molecular weight is 210 g/mol. The number of hydrogen-bond donors (Lipinski definition) is 0. The first-order valence-corrected chi connectivity index (χ1v) is 5.47. The van der Waals surface area contributed by atoms with E-state index in [1.807, 2.05) is 25.3 Å². The van der Waals surface area contributed by atoms with Crippen LogP contribution in [-0.4, -0.2) is 61.9 Å². The maximum Gasteiger partial charge on any atom is 0.128 e. The Morgan fingerprint density at radius 2 is 2.27 bits per heavy atom. The summed E-state index contributed by atoms with van der Waals surface area (Å²) in [5.74, 6) is 1.07. The molecule has 0 bridgehead atoms. The second-order valence-electron chi connectivity index (χ2n) is 4.19. The van der Waals surface area contributed by atoms with Gasteiger partial charge in [-0.3, -0.25) is 4.90 Å². The molecule has 4 heteroatoms. The SMILES string of the molecule is CCCN1CC=C(N=CN(C)C)N(C)C1. The van der Waals surface area contributed by atoms with E-state index >= 15 is 0 Å². The van der Waals surface area contributed by atoms with Crippen molar-refractivity contribution in [1.29, 1.82) is 0 Å². The topological polar surface area (TPSA) is 22.1 Å². The molecule has 1 aliphatic heterocycles. The second-order valence-corrected chi connectivity index (χ2v) is 4.19. The summed E-state index contributed by atoms with van der Waals surface area (Å²) >= 11 is 0. The molecule has 0 radical (unpaired) electrons. The van der Waals surface area contributed by atoms with Crippen molar-refractivity contribution in [2.75, 3.05) is 40.9 Å². The van der Waals surface area contributed by atoms with Crippen molar-refractivity contribution in [3.8, 4) is 0 Å². The van der Waals surface area contributed by atoms with Gasteiger partial charge in [0.2, 0.25) is 0 Å². The first kappa shape index (κ1) is 12.0. The van der Waals surface area contributed by atoms with E-state index in [4.69, 9.17) is 0 Å². The quantitative estimate of drug-likeness (QED) is 0.511. The smallest absolute Gasteiger partial charge is 0.128 e. The van der Waals surface area contributed by atoms with E-state index in [-0.39, 0.29) is 0 Å². The highest BCUT2D eigenvalue weighted by molar-refractivity contribution is 5.55. The summed E-state index contributed by atoms with van der Waals surface area (Å²) < 4.78 is 0. The van der Waals surface area contributed by atoms with E-state index in [1.165, 1.54) is 6.42 Å². The molecule has 0 aliphatic carbocycles. The van der Waals surface area contributed by atoms with E-state index in [9.17, 15) is 0 Å². The highest BCUT2D eigenvalue weighted by Crippen LogP contribution is 2.10. The number of rotatable bonds is 4. The molecular formula is C11H22N4. The summed E-state index contributed by atoms with van der Waals surface area (Å²) in [5.41, 5.74) is 0. The van der Waals surface area contributed by atoms with Gasteiger partial charge in [0.15, 0.2) is 0 Å². The molecule has 0 aromatic rings. The minimum absolute atomic E-state index is 0.977. The largest absolute Gasteiger partial charge is 0.369 e. The number of nitrogens with zero attached hydrogens (tertiary/aromatic N) is 4. The van der Waals surface area contributed by atoms with Gasteiger partial charge in [0.25, 0.3) is 0 Å². The Morgan fingerprint density at radius 3 is 2.80 bits per heavy atom. The molecule has 0 amide bonds. The predicted molar refractivity (Wildman–Crippen MR) is 64.8 cm³/mol. The van der Waals surface area contributed by atoms with E-state index < -0.39 is 0 Å². The van der Waals surface area contributed by atoms with E-state index in [0.29, 0.717) is 0 Å². The van der Waals surface area contributed by atoms with Crippen molar-refractivity contribution in [2.24, 2.45) is 4.99 Å². The van der Waals surface area contributed by atoms with Crippen LogP contribution in [-0.2, 0) is 0 Å². The molecule has 0 spiro atoms. The van der Waals surface area contributed by atoms with Crippen molar-refractivity contribution in [3.63, 3.8) is 0 Å². The van der Waals surface area contributed by atoms with E-state index in [2.05, 4.69) is 34.8 Å². The minimum atomic E-state index is 0.977. The zero-order chi connectivity index (χ0) is 11.3. The molecule has 0 aromatic heterocycles. The highest BCUT2D eigenvalue weighted by atomic mass is 15.4. The molecule has 86 valence electrons. The van der Waals surface area contributed by atoms with Crippen LogP contribution in [0.5, 0.6) is 0 Å². The maximum absolute atomic E-state index is 4.42. The van der Waals surface area contributed by atoms with Crippen LogP contribution in [0.3, 0.4) is 0 Å². The Bertz CT molecular complexity index is 245. The fourth-order valence-electron chi connectivity index (χ4n) is 1.60. The predicted octanol–water partition coefficient (Wildman–Crippen LogP) is 1.03. The minimum Gasteiger partial charge on any atom is -0.369 e. The van der Waals surface area contributed by atoms with Gasteiger partial charge in [0, 0.05) is 27.7 Å². The highest BCUT2D eigenvalue weighted by Gasteiger charge is 2.13. The summed E-state index contributed by atoms with van der Waals surface area (Å²) in [6.07, 6.45) is 5.23.